The first-order valence-electron chi connectivity index (χ1n) is 7.50. The predicted molar refractivity (Wildman–Crippen MR) is 98.4 cm³/mol. The molecule has 0 saturated carbocycles. The maximum atomic E-state index is 12.5. The molecule has 2 aromatic rings. The van der Waals surface area contributed by atoms with E-state index in [1.54, 1.807) is 18.2 Å². The molecule has 1 atom stereocenters. The first-order chi connectivity index (χ1) is 11.3. The zero-order valence-electron chi connectivity index (χ0n) is 13.6. The molecule has 0 aliphatic rings. The second kappa shape index (κ2) is 7.88. The van der Waals surface area contributed by atoms with Gasteiger partial charge >= 0.3 is 0 Å². The summed E-state index contributed by atoms with van der Waals surface area (Å²) in [6.07, 6.45) is -0.652. The Kier molecular flexibility index (Phi) is 6.10. The molecule has 0 aromatic heterocycles. The molecule has 0 heterocycles. The SMILES string of the molecule is Cc1ccc(C)c(NS(=O)(=O)c2ccc(NCC(O)CCl)cc2)c1. The van der Waals surface area contributed by atoms with Crippen molar-refractivity contribution in [1.29, 1.82) is 0 Å². The summed E-state index contributed by atoms with van der Waals surface area (Å²) in [7, 11) is -3.65. The van der Waals surface area contributed by atoms with Crippen LogP contribution in [-0.4, -0.2) is 32.1 Å². The van der Waals surface area contributed by atoms with Gasteiger partial charge in [0.1, 0.15) is 0 Å². The van der Waals surface area contributed by atoms with Crippen molar-refractivity contribution in [2.24, 2.45) is 0 Å². The Bertz CT molecular complexity index is 792. The summed E-state index contributed by atoms with van der Waals surface area (Å²) in [5.74, 6) is 0.138. The molecule has 5 nitrogen and oxygen atoms in total. The first kappa shape index (κ1) is 18.6. The molecular formula is C17H21ClN2O3S. The average Bonchev–Trinajstić information content (AvgIpc) is 2.56. The molecule has 2 rings (SSSR count). The Balaban J connectivity index is 2.13. The van der Waals surface area contributed by atoms with E-state index in [2.05, 4.69) is 10.0 Å². The van der Waals surface area contributed by atoms with Crippen LogP contribution in [0, 0.1) is 13.8 Å². The van der Waals surface area contributed by atoms with Crippen LogP contribution < -0.4 is 10.0 Å². The Morgan fingerprint density at radius 2 is 1.79 bits per heavy atom. The molecule has 3 N–H and O–H groups in total. The lowest BCUT2D eigenvalue weighted by atomic mass is 10.1. The van der Waals surface area contributed by atoms with Crippen LogP contribution >= 0.6 is 11.6 Å². The minimum Gasteiger partial charge on any atom is -0.390 e. The zero-order chi connectivity index (χ0) is 17.7. The number of aliphatic hydroxyl groups excluding tert-OH is 1. The van der Waals surface area contributed by atoms with Crippen LogP contribution in [0.4, 0.5) is 11.4 Å². The number of aryl methyl sites for hydroxylation is 2. The van der Waals surface area contributed by atoms with Gasteiger partial charge in [0.25, 0.3) is 10.0 Å². The Morgan fingerprint density at radius 1 is 1.12 bits per heavy atom. The van der Waals surface area contributed by atoms with Crippen molar-refractivity contribution < 1.29 is 13.5 Å². The summed E-state index contributed by atoms with van der Waals surface area (Å²) in [6.45, 7) is 4.07. The smallest absolute Gasteiger partial charge is 0.261 e. The lowest BCUT2D eigenvalue weighted by Crippen LogP contribution is -2.20. The maximum absolute atomic E-state index is 12.5. The summed E-state index contributed by atoms with van der Waals surface area (Å²) >= 11 is 5.53. The third kappa shape index (κ3) is 4.87. The van der Waals surface area contributed by atoms with Crippen molar-refractivity contribution in [3.05, 3.63) is 53.6 Å². The number of anilines is 2. The second-order valence-electron chi connectivity index (χ2n) is 5.64. The molecule has 0 aliphatic carbocycles. The third-order valence-corrected chi connectivity index (χ3v) is 5.26. The number of benzene rings is 2. The fourth-order valence-electron chi connectivity index (χ4n) is 2.09. The van der Waals surface area contributed by atoms with Gasteiger partial charge < -0.3 is 10.4 Å². The van der Waals surface area contributed by atoms with E-state index < -0.39 is 16.1 Å². The van der Waals surface area contributed by atoms with Crippen LogP contribution in [-0.2, 0) is 10.0 Å². The standard InChI is InChI=1S/C17H21ClN2O3S/c1-12-3-4-13(2)17(9-12)20-24(22,23)16-7-5-14(6-8-16)19-11-15(21)10-18/h3-9,15,19-21H,10-11H2,1-2H3. The van der Waals surface area contributed by atoms with Crippen LogP contribution in [0.2, 0.25) is 0 Å². The molecular weight excluding hydrogens is 348 g/mol. The lowest BCUT2D eigenvalue weighted by Gasteiger charge is -2.13. The molecule has 0 fully saturated rings. The van der Waals surface area contributed by atoms with Crippen molar-refractivity contribution in [2.75, 3.05) is 22.5 Å². The topological polar surface area (TPSA) is 78.4 Å². The number of hydrogen-bond donors (Lipinski definition) is 3. The molecule has 0 amide bonds. The van der Waals surface area contributed by atoms with Gasteiger partial charge in [0.15, 0.2) is 0 Å². The van der Waals surface area contributed by atoms with Crippen LogP contribution in [0.15, 0.2) is 47.4 Å². The predicted octanol–water partition coefficient (Wildman–Crippen LogP) is 3.12. The molecule has 0 aliphatic heterocycles. The first-order valence-corrected chi connectivity index (χ1v) is 9.51. The Hall–Kier alpha value is -1.76. The van der Waals surface area contributed by atoms with Gasteiger partial charge in [-0.25, -0.2) is 8.42 Å². The van der Waals surface area contributed by atoms with E-state index in [-0.39, 0.29) is 10.8 Å². The fourth-order valence-corrected chi connectivity index (χ4v) is 3.32. The highest BCUT2D eigenvalue weighted by atomic mass is 35.5. The van der Waals surface area contributed by atoms with Crippen molar-refractivity contribution in [3.63, 3.8) is 0 Å². The van der Waals surface area contributed by atoms with Gasteiger partial charge in [-0.3, -0.25) is 4.72 Å². The number of alkyl halides is 1. The molecule has 0 bridgehead atoms. The van der Waals surface area contributed by atoms with E-state index in [9.17, 15) is 13.5 Å². The number of rotatable bonds is 7. The maximum Gasteiger partial charge on any atom is 0.261 e. The van der Waals surface area contributed by atoms with Gasteiger partial charge in [-0.2, -0.15) is 0 Å². The highest BCUT2D eigenvalue weighted by Crippen LogP contribution is 2.22. The van der Waals surface area contributed by atoms with E-state index in [1.165, 1.54) is 12.1 Å². The monoisotopic (exact) mass is 368 g/mol. The van der Waals surface area contributed by atoms with Gasteiger partial charge in [-0.1, -0.05) is 12.1 Å². The van der Waals surface area contributed by atoms with Gasteiger partial charge in [-0.05, 0) is 55.3 Å². The van der Waals surface area contributed by atoms with E-state index in [0.717, 1.165) is 11.1 Å². The summed E-state index contributed by atoms with van der Waals surface area (Å²) in [5, 5.41) is 12.4. The molecule has 130 valence electrons. The Morgan fingerprint density at radius 3 is 2.42 bits per heavy atom. The highest BCUT2D eigenvalue weighted by Gasteiger charge is 2.15. The number of sulfonamides is 1. The van der Waals surface area contributed by atoms with Crippen molar-refractivity contribution in [3.8, 4) is 0 Å². The average molecular weight is 369 g/mol. The Labute approximate surface area is 147 Å². The fraction of sp³-hybridized carbons (Fsp3) is 0.294. The molecule has 0 saturated heterocycles. The molecule has 0 radical (unpaired) electrons. The number of hydrogen-bond acceptors (Lipinski definition) is 4. The van der Waals surface area contributed by atoms with Crippen LogP contribution in [0.5, 0.6) is 0 Å². The summed E-state index contributed by atoms with van der Waals surface area (Å²) in [4.78, 5) is 0.173. The van der Waals surface area contributed by atoms with Gasteiger partial charge in [0.05, 0.1) is 22.6 Å². The highest BCUT2D eigenvalue weighted by molar-refractivity contribution is 7.92. The quantitative estimate of drug-likeness (QED) is 0.656. The van der Waals surface area contributed by atoms with Crippen molar-refractivity contribution >= 4 is 33.0 Å². The van der Waals surface area contributed by atoms with E-state index in [4.69, 9.17) is 11.6 Å². The van der Waals surface area contributed by atoms with E-state index in [0.29, 0.717) is 17.9 Å². The van der Waals surface area contributed by atoms with Crippen molar-refractivity contribution in [2.45, 2.75) is 24.8 Å². The summed E-state index contributed by atoms with van der Waals surface area (Å²) in [6, 6.07) is 11.9. The van der Waals surface area contributed by atoms with Crippen LogP contribution in [0.3, 0.4) is 0 Å². The van der Waals surface area contributed by atoms with Gasteiger partial charge in [0.2, 0.25) is 0 Å². The third-order valence-electron chi connectivity index (χ3n) is 3.52. The minimum atomic E-state index is -3.65. The summed E-state index contributed by atoms with van der Waals surface area (Å²) < 4.78 is 27.6. The molecule has 24 heavy (non-hydrogen) atoms. The normalized spacial score (nSPS) is 12.7. The minimum absolute atomic E-state index is 0.138. The van der Waals surface area contributed by atoms with Gasteiger partial charge in [-0.15, -0.1) is 11.6 Å². The molecule has 1 unspecified atom stereocenters. The van der Waals surface area contributed by atoms with Crippen LogP contribution in [0.1, 0.15) is 11.1 Å². The largest absolute Gasteiger partial charge is 0.390 e. The zero-order valence-corrected chi connectivity index (χ0v) is 15.2. The molecule has 2 aromatic carbocycles. The second-order valence-corrected chi connectivity index (χ2v) is 7.63. The van der Waals surface area contributed by atoms with Crippen LogP contribution in [0.25, 0.3) is 0 Å². The number of halogens is 1. The van der Waals surface area contributed by atoms with Crippen molar-refractivity contribution in [1.82, 2.24) is 0 Å². The lowest BCUT2D eigenvalue weighted by molar-refractivity contribution is 0.211. The summed E-state index contributed by atoms with van der Waals surface area (Å²) in [5.41, 5.74) is 3.13. The number of aliphatic hydroxyl groups is 1. The number of nitrogens with one attached hydrogen (secondary N) is 2. The van der Waals surface area contributed by atoms with Gasteiger partial charge in [0, 0.05) is 12.2 Å². The molecule has 0 spiro atoms. The molecule has 7 heteroatoms. The van der Waals surface area contributed by atoms with E-state index >= 15 is 0 Å². The van der Waals surface area contributed by atoms with E-state index in [1.807, 2.05) is 26.0 Å².